The van der Waals surface area contributed by atoms with Gasteiger partial charge in [0.1, 0.15) is 11.7 Å². The second kappa shape index (κ2) is 11.0. The van der Waals surface area contributed by atoms with E-state index in [-0.39, 0.29) is 17.7 Å². The fourth-order valence-electron chi connectivity index (χ4n) is 3.21. The lowest BCUT2D eigenvalue weighted by Crippen LogP contribution is -2.39. The summed E-state index contributed by atoms with van der Waals surface area (Å²) >= 11 is 0. The molecule has 1 aliphatic rings. The number of hydrogen-bond donors (Lipinski definition) is 2. The normalized spacial score (nSPS) is 13.8. The smallest absolute Gasteiger partial charge is 0.336 e. The number of carbonyl (C=O) groups excluding carboxylic acids is 4. The molecule has 1 heterocycles. The van der Waals surface area contributed by atoms with Crippen molar-refractivity contribution in [3.63, 3.8) is 0 Å². The molecule has 0 fully saturated rings. The Balaban J connectivity index is 2.11. The molecule has 0 saturated carbocycles. The summed E-state index contributed by atoms with van der Waals surface area (Å²) in [5, 5.41) is 5.49. The van der Waals surface area contributed by atoms with Crippen LogP contribution in [0, 0.1) is 5.92 Å². The van der Waals surface area contributed by atoms with Crippen molar-refractivity contribution in [1.29, 1.82) is 0 Å². The molecule has 32 heavy (non-hydrogen) atoms. The van der Waals surface area contributed by atoms with Crippen LogP contribution < -0.4 is 15.4 Å². The first-order valence-electron chi connectivity index (χ1n) is 9.64. The Kier molecular flexibility index (Phi) is 8.39. The minimum absolute atomic E-state index is 0.0952. The minimum Gasteiger partial charge on any atom is -0.497 e. The number of benzene rings is 1. The van der Waals surface area contributed by atoms with E-state index in [1.807, 2.05) is 0 Å². The Morgan fingerprint density at radius 1 is 0.906 bits per heavy atom. The first-order chi connectivity index (χ1) is 15.2. The van der Waals surface area contributed by atoms with Crippen LogP contribution in [0.1, 0.15) is 19.4 Å². The number of ether oxygens (including phenoxy) is 4. The Morgan fingerprint density at radius 3 is 1.91 bits per heavy atom. The summed E-state index contributed by atoms with van der Waals surface area (Å²) in [5.74, 6) is -3.84. The average molecular weight is 446 g/mol. The number of amides is 1. The van der Waals surface area contributed by atoms with Crippen molar-refractivity contribution in [1.82, 2.24) is 10.6 Å². The van der Waals surface area contributed by atoms with Crippen LogP contribution in [0.5, 0.6) is 5.75 Å². The average Bonchev–Trinajstić information content (AvgIpc) is 2.80. The molecule has 1 amide bonds. The van der Waals surface area contributed by atoms with Crippen molar-refractivity contribution in [2.45, 2.75) is 20.4 Å². The van der Waals surface area contributed by atoms with Gasteiger partial charge in [-0.2, -0.15) is 0 Å². The fourth-order valence-corrected chi connectivity index (χ4v) is 3.21. The summed E-state index contributed by atoms with van der Waals surface area (Å²) in [6.45, 7) is 2.74. The molecule has 10 heteroatoms. The second-order valence-electron chi connectivity index (χ2n) is 6.85. The lowest BCUT2D eigenvalue weighted by molar-refractivity contribution is -0.153. The van der Waals surface area contributed by atoms with E-state index in [0.717, 1.165) is 19.8 Å². The zero-order valence-corrected chi connectivity index (χ0v) is 18.6. The summed E-state index contributed by atoms with van der Waals surface area (Å²) in [4.78, 5) is 49.7. The molecule has 2 N–H and O–H groups in total. The van der Waals surface area contributed by atoms with Crippen LogP contribution in [-0.2, 0) is 39.9 Å². The molecule has 10 nitrogen and oxygen atoms in total. The predicted octanol–water partition coefficient (Wildman–Crippen LogP) is 0.968. The molecule has 0 radical (unpaired) electrons. The molecule has 0 saturated heterocycles. The summed E-state index contributed by atoms with van der Waals surface area (Å²) in [5.41, 5.74) is 1.28. The van der Waals surface area contributed by atoms with Gasteiger partial charge in [-0.15, -0.1) is 0 Å². The van der Waals surface area contributed by atoms with E-state index in [0.29, 0.717) is 17.1 Å². The van der Waals surface area contributed by atoms with Gasteiger partial charge in [-0.1, -0.05) is 12.1 Å². The number of hydrogen-bond acceptors (Lipinski definition) is 9. The van der Waals surface area contributed by atoms with Crippen molar-refractivity contribution < 1.29 is 38.1 Å². The Hall–Kier alpha value is -3.82. The highest BCUT2D eigenvalue weighted by Crippen LogP contribution is 2.32. The molecule has 0 aliphatic carbocycles. The lowest BCUT2D eigenvalue weighted by atomic mass is 9.85. The maximum atomic E-state index is 12.9. The molecule has 1 aromatic carbocycles. The van der Waals surface area contributed by atoms with Crippen LogP contribution in [0.25, 0.3) is 0 Å². The molecule has 1 aliphatic heterocycles. The summed E-state index contributed by atoms with van der Waals surface area (Å²) < 4.78 is 19.7. The molecule has 0 spiro atoms. The predicted molar refractivity (Wildman–Crippen MR) is 112 cm³/mol. The van der Waals surface area contributed by atoms with Crippen molar-refractivity contribution in [3.8, 4) is 5.75 Å². The minimum atomic E-state index is -1.40. The Bertz CT molecular complexity index is 925. The third-order valence-corrected chi connectivity index (χ3v) is 4.80. The number of nitrogens with one attached hydrogen (secondary N) is 2. The van der Waals surface area contributed by atoms with Crippen molar-refractivity contribution in [2.24, 2.45) is 5.92 Å². The van der Waals surface area contributed by atoms with E-state index in [2.05, 4.69) is 10.6 Å². The molecule has 0 unspecified atom stereocenters. The highest BCUT2D eigenvalue weighted by atomic mass is 16.5. The quantitative estimate of drug-likeness (QED) is 0.443. The van der Waals surface area contributed by atoms with E-state index >= 15 is 0 Å². The zero-order chi connectivity index (χ0) is 23.8. The van der Waals surface area contributed by atoms with E-state index in [9.17, 15) is 19.2 Å². The number of carbonyl (C=O) groups is 4. The van der Waals surface area contributed by atoms with Crippen LogP contribution in [0.2, 0.25) is 0 Å². The zero-order valence-electron chi connectivity index (χ0n) is 18.6. The van der Waals surface area contributed by atoms with Crippen LogP contribution in [0.15, 0.2) is 46.8 Å². The number of methoxy groups -OCH3 is 3. The first-order valence-corrected chi connectivity index (χ1v) is 9.64. The molecular formula is C22H26N2O8. The molecule has 0 aromatic heterocycles. The number of dihydropyridines is 1. The van der Waals surface area contributed by atoms with E-state index in [1.165, 1.54) is 0 Å². The van der Waals surface area contributed by atoms with Crippen molar-refractivity contribution in [2.75, 3.05) is 27.9 Å². The molecule has 172 valence electrons. The van der Waals surface area contributed by atoms with Gasteiger partial charge in [0.05, 0.1) is 32.5 Å². The topological polar surface area (TPSA) is 129 Å². The van der Waals surface area contributed by atoms with Gasteiger partial charge in [0.2, 0.25) is 0 Å². The molecular weight excluding hydrogens is 420 g/mol. The third kappa shape index (κ3) is 5.65. The van der Waals surface area contributed by atoms with E-state index < -0.39 is 36.3 Å². The Morgan fingerprint density at radius 2 is 1.44 bits per heavy atom. The van der Waals surface area contributed by atoms with Gasteiger partial charge < -0.3 is 29.6 Å². The number of allylic oxidation sites excluding steroid dienone is 2. The van der Waals surface area contributed by atoms with Crippen molar-refractivity contribution >= 4 is 23.8 Å². The van der Waals surface area contributed by atoms with E-state index in [4.69, 9.17) is 18.9 Å². The highest BCUT2D eigenvalue weighted by Gasteiger charge is 2.42. The van der Waals surface area contributed by atoms with Gasteiger partial charge >= 0.3 is 17.9 Å². The summed E-state index contributed by atoms with van der Waals surface area (Å²) in [7, 11) is 3.86. The van der Waals surface area contributed by atoms with Gasteiger partial charge in [0.25, 0.3) is 5.91 Å². The van der Waals surface area contributed by atoms with Crippen LogP contribution in [-0.4, -0.2) is 51.8 Å². The second-order valence-corrected chi connectivity index (χ2v) is 6.85. The van der Waals surface area contributed by atoms with Crippen LogP contribution in [0.4, 0.5) is 0 Å². The highest BCUT2D eigenvalue weighted by molar-refractivity contribution is 6.05. The maximum absolute atomic E-state index is 12.9. The van der Waals surface area contributed by atoms with Gasteiger partial charge in [-0.25, -0.2) is 9.59 Å². The number of esters is 3. The Labute approximate surface area is 185 Å². The largest absolute Gasteiger partial charge is 0.497 e. The monoisotopic (exact) mass is 446 g/mol. The summed E-state index contributed by atoms with van der Waals surface area (Å²) in [6, 6.07) is 7.08. The number of rotatable bonds is 8. The maximum Gasteiger partial charge on any atom is 0.336 e. The SMILES string of the molecule is COC(=O)C1=C(C)NC(C)=C(C(=O)OC)C1C(=O)OCC(=O)NCc1ccc(OC)cc1. The van der Waals surface area contributed by atoms with Gasteiger partial charge in [0, 0.05) is 17.9 Å². The molecule has 0 atom stereocenters. The third-order valence-electron chi connectivity index (χ3n) is 4.80. The van der Waals surface area contributed by atoms with Gasteiger partial charge in [-0.3, -0.25) is 9.59 Å². The van der Waals surface area contributed by atoms with Gasteiger partial charge in [-0.05, 0) is 31.5 Å². The van der Waals surface area contributed by atoms with Gasteiger partial charge in [0.15, 0.2) is 6.61 Å². The lowest BCUT2D eigenvalue weighted by Gasteiger charge is -2.28. The molecule has 0 bridgehead atoms. The molecule has 2 rings (SSSR count). The van der Waals surface area contributed by atoms with E-state index in [1.54, 1.807) is 45.2 Å². The van der Waals surface area contributed by atoms with Crippen LogP contribution in [0.3, 0.4) is 0 Å². The van der Waals surface area contributed by atoms with Crippen molar-refractivity contribution in [3.05, 3.63) is 52.4 Å². The first kappa shape index (κ1) is 24.4. The molecule has 1 aromatic rings. The fraction of sp³-hybridized carbons (Fsp3) is 0.364. The van der Waals surface area contributed by atoms with Crippen LogP contribution >= 0.6 is 0 Å². The summed E-state index contributed by atoms with van der Waals surface area (Å²) in [6.07, 6.45) is 0. The standard InChI is InChI=1S/C22H26N2O8/c1-12-17(20(26)30-4)19(18(13(2)24-12)21(27)31-5)22(28)32-11-16(25)23-10-14-6-8-15(29-3)9-7-14/h6-9,19,24H,10-11H2,1-5H3,(H,23,25).